The molecule has 108 valence electrons. The summed E-state index contributed by atoms with van der Waals surface area (Å²) in [7, 11) is 0. The van der Waals surface area contributed by atoms with Crippen molar-refractivity contribution in [2.45, 2.75) is 44.6 Å². The Morgan fingerprint density at radius 2 is 1.84 bits per heavy atom. The Kier molecular flexibility index (Phi) is 9.48. The smallest absolute Gasteiger partial charge is 0.0291 e. The van der Waals surface area contributed by atoms with Crippen molar-refractivity contribution in [2.24, 2.45) is 0 Å². The van der Waals surface area contributed by atoms with E-state index in [1.807, 2.05) is 23.5 Å². The van der Waals surface area contributed by atoms with E-state index in [0.29, 0.717) is 6.04 Å². The molecule has 0 saturated carbocycles. The molecular formula is C16H27NS2. The second-order valence-electron chi connectivity index (χ2n) is 4.64. The predicted molar refractivity (Wildman–Crippen MR) is 91.5 cm³/mol. The quantitative estimate of drug-likeness (QED) is 0.483. The van der Waals surface area contributed by atoms with Gasteiger partial charge < -0.3 is 5.32 Å². The highest BCUT2D eigenvalue weighted by Gasteiger charge is 2.03. The van der Waals surface area contributed by atoms with Gasteiger partial charge in [0.2, 0.25) is 0 Å². The molecule has 0 amide bonds. The first-order valence-electron chi connectivity index (χ1n) is 7.31. The van der Waals surface area contributed by atoms with Crippen LogP contribution in [-0.2, 0) is 0 Å². The molecule has 1 rings (SSSR count). The molecule has 1 aromatic rings. The van der Waals surface area contributed by atoms with Crippen LogP contribution in [0, 0.1) is 0 Å². The summed E-state index contributed by atoms with van der Waals surface area (Å²) in [6.07, 6.45) is 2.49. The first kappa shape index (κ1) is 16.9. The van der Waals surface area contributed by atoms with Crippen LogP contribution in [0.2, 0.25) is 0 Å². The Balaban J connectivity index is 2.30. The lowest BCUT2D eigenvalue weighted by Crippen LogP contribution is -2.19. The molecule has 0 aromatic heterocycles. The molecule has 0 aliphatic rings. The van der Waals surface area contributed by atoms with Crippen LogP contribution in [0.4, 0.5) is 0 Å². The summed E-state index contributed by atoms with van der Waals surface area (Å²) >= 11 is 4.01. The predicted octanol–water partition coefficient (Wildman–Crippen LogP) is 4.98. The number of benzene rings is 1. The first-order chi connectivity index (χ1) is 9.27. The van der Waals surface area contributed by atoms with Crippen molar-refractivity contribution >= 4 is 23.5 Å². The van der Waals surface area contributed by atoms with Gasteiger partial charge >= 0.3 is 0 Å². The molecule has 1 atom stereocenters. The molecule has 3 heteroatoms. The summed E-state index contributed by atoms with van der Waals surface area (Å²) < 4.78 is 0. The van der Waals surface area contributed by atoms with Crippen molar-refractivity contribution in [3.05, 3.63) is 29.8 Å². The molecule has 0 aliphatic heterocycles. The Labute approximate surface area is 127 Å². The second kappa shape index (κ2) is 10.6. The number of hydrogen-bond donors (Lipinski definition) is 1. The minimum atomic E-state index is 0.458. The molecule has 1 aromatic carbocycles. The van der Waals surface area contributed by atoms with E-state index in [9.17, 15) is 0 Å². The van der Waals surface area contributed by atoms with Crippen molar-refractivity contribution in [1.29, 1.82) is 0 Å². The van der Waals surface area contributed by atoms with Crippen molar-refractivity contribution < 1.29 is 0 Å². The maximum absolute atomic E-state index is 3.52. The minimum absolute atomic E-state index is 0.458. The van der Waals surface area contributed by atoms with Crippen LogP contribution >= 0.6 is 23.5 Å². The number of rotatable bonds is 10. The van der Waals surface area contributed by atoms with Crippen LogP contribution < -0.4 is 5.32 Å². The van der Waals surface area contributed by atoms with Gasteiger partial charge in [-0.3, -0.25) is 0 Å². The number of hydrogen-bond acceptors (Lipinski definition) is 3. The highest BCUT2D eigenvalue weighted by atomic mass is 32.2. The number of nitrogens with one attached hydrogen (secondary N) is 1. The van der Waals surface area contributed by atoms with E-state index in [1.54, 1.807) is 0 Å². The van der Waals surface area contributed by atoms with Gasteiger partial charge in [-0.2, -0.15) is 11.8 Å². The standard InChI is InChI=1S/C16H27NS2/c1-4-11-17-14(3)15-7-9-16(10-8-15)19-13-6-12-18-5-2/h7-10,14,17H,4-6,11-13H2,1-3H3. The Hall–Kier alpha value is -0.120. The molecule has 0 heterocycles. The zero-order valence-electron chi connectivity index (χ0n) is 12.4. The molecule has 1 unspecified atom stereocenters. The van der Waals surface area contributed by atoms with E-state index in [0.717, 1.165) is 6.54 Å². The van der Waals surface area contributed by atoms with E-state index in [2.05, 4.69) is 50.4 Å². The van der Waals surface area contributed by atoms with Gasteiger partial charge in [0.1, 0.15) is 0 Å². The minimum Gasteiger partial charge on any atom is -0.310 e. The second-order valence-corrected chi connectivity index (χ2v) is 7.21. The fraction of sp³-hybridized carbons (Fsp3) is 0.625. The van der Waals surface area contributed by atoms with Crippen molar-refractivity contribution in [3.63, 3.8) is 0 Å². The zero-order valence-corrected chi connectivity index (χ0v) is 14.1. The summed E-state index contributed by atoms with van der Waals surface area (Å²) in [5, 5.41) is 3.52. The molecule has 0 spiro atoms. The zero-order chi connectivity index (χ0) is 13.9. The van der Waals surface area contributed by atoms with Gasteiger partial charge in [-0.15, -0.1) is 11.8 Å². The largest absolute Gasteiger partial charge is 0.310 e. The van der Waals surface area contributed by atoms with Crippen LogP contribution in [0.5, 0.6) is 0 Å². The van der Waals surface area contributed by atoms with Gasteiger partial charge in [-0.1, -0.05) is 26.0 Å². The molecule has 1 N–H and O–H groups in total. The van der Waals surface area contributed by atoms with Crippen LogP contribution in [0.15, 0.2) is 29.2 Å². The molecule has 0 bridgehead atoms. The highest BCUT2D eigenvalue weighted by Crippen LogP contribution is 2.22. The molecule has 0 saturated heterocycles. The van der Waals surface area contributed by atoms with E-state index >= 15 is 0 Å². The maximum Gasteiger partial charge on any atom is 0.0291 e. The molecule has 1 nitrogen and oxygen atoms in total. The molecule has 0 aliphatic carbocycles. The van der Waals surface area contributed by atoms with Gasteiger partial charge in [0.25, 0.3) is 0 Å². The molecular weight excluding hydrogens is 270 g/mol. The third-order valence-electron chi connectivity index (χ3n) is 2.99. The van der Waals surface area contributed by atoms with Crippen LogP contribution in [0.1, 0.15) is 45.2 Å². The molecule has 0 fully saturated rings. The summed E-state index contributed by atoms with van der Waals surface area (Å²) in [5.74, 6) is 3.76. The fourth-order valence-corrected chi connectivity index (χ4v) is 3.50. The molecule has 19 heavy (non-hydrogen) atoms. The highest BCUT2D eigenvalue weighted by molar-refractivity contribution is 8.00. The van der Waals surface area contributed by atoms with Gasteiger partial charge in [0, 0.05) is 10.9 Å². The normalized spacial score (nSPS) is 12.6. The Morgan fingerprint density at radius 1 is 1.11 bits per heavy atom. The van der Waals surface area contributed by atoms with Crippen molar-refractivity contribution in [2.75, 3.05) is 23.8 Å². The Morgan fingerprint density at radius 3 is 2.47 bits per heavy atom. The fourth-order valence-electron chi connectivity index (χ4n) is 1.83. The summed E-state index contributed by atoms with van der Waals surface area (Å²) in [4.78, 5) is 1.40. The van der Waals surface area contributed by atoms with E-state index in [-0.39, 0.29) is 0 Å². The Bertz CT molecular complexity index is 324. The summed E-state index contributed by atoms with van der Waals surface area (Å²) in [5.41, 5.74) is 1.39. The third-order valence-corrected chi connectivity index (χ3v) is 5.07. The topological polar surface area (TPSA) is 12.0 Å². The van der Waals surface area contributed by atoms with Gasteiger partial charge in [0.05, 0.1) is 0 Å². The third kappa shape index (κ3) is 7.28. The lowest BCUT2D eigenvalue weighted by molar-refractivity contribution is 0.570. The van der Waals surface area contributed by atoms with E-state index in [4.69, 9.17) is 0 Å². The van der Waals surface area contributed by atoms with Gasteiger partial charge in [-0.25, -0.2) is 0 Å². The molecule has 0 radical (unpaired) electrons. The van der Waals surface area contributed by atoms with Crippen LogP contribution in [0.3, 0.4) is 0 Å². The monoisotopic (exact) mass is 297 g/mol. The maximum atomic E-state index is 3.52. The lowest BCUT2D eigenvalue weighted by Gasteiger charge is -2.14. The van der Waals surface area contributed by atoms with Crippen molar-refractivity contribution in [3.8, 4) is 0 Å². The van der Waals surface area contributed by atoms with Gasteiger partial charge in [-0.05, 0) is 61.3 Å². The summed E-state index contributed by atoms with van der Waals surface area (Å²) in [6, 6.07) is 9.50. The van der Waals surface area contributed by atoms with E-state index in [1.165, 1.54) is 40.6 Å². The average molecular weight is 298 g/mol. The lowest BCUT2D eigenvalue weighted by atomic mass is 10.1. The van der Waals surface area contributed by atoms with E-state index < -0.39 is 0 Å². The van der Waals surface area contributed by atoms with Crippen LogP contribution in [0.25, 0.3) is 0 Å². The summed E-state index contributed by atoms with van der Waals surface area (Å²) in [6.45, 7) is 7.76. The van der Waals surface area contributed by atoms with Gasteiger partial charge in [0.15, 0.2) is 0 Å². The number of thioether (sulfide) groups is 2. The van der Waals surface area contributed by atoms with Crippen LogP contribution in [-0.4, -0.2) is 23.8 Å². The van der Waals surface area contributed by atoms with Crippen molar-refractivity contribution in [1.82, 2.24) is 5.32 Å². The average Bonchev–Trinajstić information content (AvgIpc) is 2.45. The SMILES string of the molecule is CCCNC(C)c1ccc(SCCCSCC)cc1. The first-order valence-corrected chi connectivity index (χ1v) is 9.45.